The normalized spacial score (nSPS) is 13.2. The summed E-state index contributed by atoms with van der Waals surface area (Å²) in [5.41, 5.74) is 5.48. The topological polar surface area (TPSA) is 97.5 Å². The monoisotopic (exact) mass is 273 g/mol. The number of nitrogens with two attached hydrogens (primary N) is 1. The van der Waals surface area contributed by atoms with Gasteiger partial charge in [0.25, 0.3) is 0 Å². The van der Waals surface area contributed by atoms with E-state index in [9.17, 15) is 9.90 Å². The molecule has 1 atom stereocenters. The molecule has 0 aromatic carbocycles. The summed E-state index contributed by atoms with van der Waals surface area (Å²) in [5.74, 6) is 0. The first-order valence-electron chi connectivity index (χ1n) is 5.58. The van der Waals surface area contributed by atoms with Crippen molar-refractivity contribution in [3.8, 4) is 0 Å². The van der Waals surface area contributed by atoms with Crippen molar-refractivity contribution in [2.24, 2.45) is 5.73 Å². The van der Waals surface area contributed by atoms with E-state index in [1.807, 2.05) is 0 Å². The number of amides is 1. The molecule has 1 heterocycles. The van der Waals surface area contributed by atoms with Crippen LogP contribution in [0.3, 0.4) is 0 Å². The number of ether oxygens (including phenoxy) is 1. The van der Waals surface area contributed by atoms with E-state index in [1.165, 1.54) is 11.3 Å². The van der Waals surface area contributed by atoms with E-state index in [2.05, 4.69) is 10.3 Å². The standard InChI is InChI=1S/C11H19N3O3S/c1-6-8(7(15)5-12)18-9(13-6)14-10(16)17-11(2,3)4/h7,15H,5,12H2,1-4H3,(H,13,14,16)/t7-/m1/s1. The van der Waals surface area contributed by atoms with Crippen LogP contribution in [0.1, 0.15) is 37.4 Å². The van der Waals surface area contributed by atoms with Crippen LogP contribution in [0.25, 0.3) is 0 Å². The van der Waals surface area contributed by atoms with Crippen LogP contribution in [0.5, 0.6) is 0 Å². The SMILES string of the molecule is Cc1nc(NC(=O)OC(C)(C)C)sc1[C@H](O)CN. The number of hydrogen-bond acceptors (Lipinski definition) is 6. The zero-order valence-corrected chi connectivity index (χ0v) is 11.8. The summed E-state index contributed by atoms with van der Waals surface area (Å²) in [6.45, 7) is 7.22. The van der Waals surface area contributed by atoms with E-state index in [4.69, 9.17) is 10.5 Å². The first-order valence-corrected chi connectivity index (χ1v) is 6.40. The van der Waals surface area contributed by atoms with Crippen LogP contribution in [-0.4, -0.2) is 28.3 Å². The molecule has 1 rings (SSSR count). The van der Waals surface area contributed by atoms with Gasteiger partial charge in [-0.15, -0.1) is 0 Å². The first-order chi connectivity index (χ1) is 8.23. The molecule has 0 aliphatic carbocycles. The summed E-state index contributed by atoms with van der Waals surface area (Å²) >= 11 is 1.19. The van der Waals surface area contributed by atoms with E-state index in [1.54, 1.807) is 27.7 Å². The fourth-order valence-corrected chi connectivity index (χ4v) is 2.22. The van der Waals surface area contributed by atoms with Gasteiger partial charge in [-0.25, -0.2) is 9.78 Å². The Morgan fingerprint density at radius 3 is 2.72 bits per heavy atom. The van der Waals surface area contributed by atoms with E-state index in [-0.39, 0.29) is 6.54 Å². The van der Waals surface area contributed by atoms with Gasteiger partial charge in [-0.3, -0.25) is 5.32 Å². The fourth-order valence-electron chi connectivity index (χ4n) is 1.27. The number of aromatic nitrogens is 1. The van der Waals surface area contributed by atoms with Gasteiger partial charge in [0.05, 0.1) is 10.6 Å². The molecular weight excluding hydrogens is 254 g/mol. The summed E-state index contributed by atoms with van der Waals surface area (Å²) in [6.07, 6.45) is -1.32. The van der Waals surface area contributed by atoms with E-state index in [0.717, 1.165) is 0 Å². The molecule has 0 saturated heterocycles. The molecule has 0 aliphatic rings. The molecule has 0 radical (unpaired) electrons. The molecule has 1 aromatic heterocycles. The minimum atomic E-state index is -0.753. The molecule has 1 aromatic rings. The van der Waals surface area contributed by atoms with Crippen molar-refractivity contribution >= 4 is 22.6 Å². The predicted molar refractivity (Wildman–Crippen MR) is 70.7 cm³/mol. The number of carbonyl (C=O) groups excluding carboxylic acids is 1. The third-order valence-corrected chi connectivity index (χ3v) is 3.14. The van der Waals surface area contributed by atoms with E-state index >= 15 is 0 Å². The number of aliphatic hydroxyl groups is 1. The van der Waals surface area contributed by atoms with Gasteiger partial charge >= 0.3 is 6.09 Å². The van der Waals surface area contributed by atoms with Crippen LogP contribution in [0, 0.1) is 6.92 Å². The van der Waals surface area contributed by atoms with Gasteiger partial charge in [-0.1, -0.05) is 11.3 Å². The zero-order chi connectivity index (χ0) is 13.9. The fraction of sp³-hybridized carbons (Fsp3) is 0.636. The number of nitrogens with one attached hydrogen (secondary N) is 1. The van der Waals surface area contributed by atoms with Crippen molar-refractivity contribution in [2.45, 2.75) is 39.4 Å². The Balaban J connectivity index is 2.72. The Hall–Kier alpha value is -1.18. The van der Waals surface area contributed by atoms with E-state index < -0.39 is 17.8 Å². The van der Waals surface area contributed by atoms with Crippen LogP contribution in [0.4, 0.5) is 9.93 Å². The molecule has 102 valence electrons. The van der Waals surface area contributed by atoms with Crippen molar-refractivity contribution < 1.29 is 14.6 Å². The predicted octanol–water partition coefficient (Wildman–Crippen LogP) is 1.79. The highest BCUT2D eigenvalue weighted by Crippen LogP contribution is 2.28. The number of carbonyl (C=O) groups is 1. The maximum Gasteiger partial charge on any atom is 0.413 e. The Bertz CT molecular complexity index is 426. The minimum Gasteiger partial charge on any atom is -0.444 e. The maximum atomic E-state index is 11.5. The second-order valence-corrected chi connectivity index (χ2v) is 5.88. The third-order valence-electron chi connectivity index (χ3n) is 1.97. The van der Waals surface area contributed by atoms with Crippen LogP contribution in [0.15, 0.2) is 0 Å². The first kappa shape index (κ1) is 14.9. The number of rotatable bonds is 3. The van der Waals surface area contributed by atoms with Gasteiger partial charge in [0.2, 0.25) is 0 Å². The molecule has 0 unspecified atom stereocenters. The summed E-state index contributed by atoms with van der Waals surface area (Å²) in [6, 6.07) is 0. The average Bonchev–Trinajstić information content (AvgIpc) is 2.55. The van der Waals surface area contributed by atoms with Crippen LogP contribution in [-0.2, 0) is 4.74 Å². The molecule has 6 nitrogen and oxygen atoms in total. The Labute approximate surface area is 110 Å². The average molecular weight is 273 g/mol. The zero-order valence-electron chi connectivity index (χ0n) is 11.0. The third kappa shape index (κ3) is 4.25. The number of nitrogens with zero attached hydrogens (tertiary/aromatic N) is 1. The van der Waals surface area contributed by atoms with Gasteiger partial charge < -0.3 is 15.6 Å². The molecule has 4 N–H and O–H groups in total. The highest BCUT2D eigenvalue weighted by atomic mass is 32.1. The largest absolute Gasteiger partial charge is 0.444 e. The Morgan fingerprint density at radius 1 is 1.61 bits per heavy atom. The second-order valence-electron chi connectivity index (χ2n) is 4.85. The highest BCUT2D eigenvalue weighted by molar-refractivity contribution is 7.16. The lowest BCUT2D eigenvalue weighted by Gasteiger charge is -2.18. The lowest BCUT2D eigenvalue weighted by atomic mass is 10.2. The van der Waals surface area contributed by atoms with Crippen molar-refractivity contribution in [3.05, 3.63) is 10.6 Å². The summed E-state index contributed by atoms with van der Waals surface area (Å²) < 4.78 is 5.11. The molecule has 1 amide bonds. The summed E-state index contributed by atoms with van der Waals surface area (Å²) in [4.78, 5) is 16.3. The smallest absolute Gasteiger partial charge is 0.413 e. The van der Waals surface area contributed by atoms with Crippen molar-refractivity contribution in [1.82, 2.24) is 4.98 Å². The summed E-state index contributed by atoms with van der Waals surface area (Å²) in [5, 5.41) is 12.6. The Kier molecular flexibility index (Phi) is 4.66. The number of aryl methyl sites for hydroxylation is 1. The van der Waals surface area contributed by atoms with Gasteiger partial charge in [0.1, 0.15) is 11.7 Å². The highest BCUT2D eigenvalue weighted by Gasteiger charge is 2.19. The van der Waals surface area contributed by atoms with Crippen molar-refractivity contribution in [1.29, 1.82) is 0 Å². The number of hydrogen-bond donors (Lipinski definition) is 3. The van der Waals surface area contributed by atoms with Gasteiger partial charge in [0, 0.05) is 6.54 Å². The Morgan fingerprint density at radius 2 is 2.22 bits per heavy atom. The maximum absolute atomic E-state index is 11.5. The molecule has 18 heavy (non-hydrogen) atoms. The van der Waals surface area contributed by atoms with Crippen LogP contribution < -0.4 is 11.1 Å². The number of thiazole rings is 1. The molecule has 0 aliphatic heterocycles. The lowest BCUT2D eigenvalue weighted by Crippen LogP contribution is -2.27. The van der Waals surface area contributed by atoms with E-state index in [0.29, 0.717) is 15.7 Å². The summed E-state index contributed by atoms with van der Waals surface area (Å²) in [7, 11) is 0. The molecule has 7 heteroatoms. The molecule has 0 bridgehead atoms. The molecular formula is C11H19N3O3S. The van der Waals surface area contributed by atoms with Crippen molar-refractivity contribution in [3.63, 3.8) is 0 Å². The molecule has 0 spiro atoms. The van der Waals surface area contributed by atoms with Gasteiger partial charge in [0.15, 0.2) is 5.13 Å². The number of anilines is 1. The quantitative estimate of drug-likeness (QED) is 0.780. The van der Waals surface area contributed by atoms with Crippen LogP contribution >= 0.6 is 11.3 Å². The van der Waals surface area contributed by atoms with Gasteiger partial charge in [-0.05, 0) is 27.7 Å². The van der Waals surface area contributed by atoms with Crippen molar-refractivity contribution in [2.75, 3.05) is 11.9 Å². The second kappa shape index (κ2) is 5.64. The van der Waals surface area contributed by atoms with Crippen LogP contribution in [0.2, 0.25) is 0 Å². The minimum absolute atomic E-state index is 0.120. The number of aliphatic hydroxyl groups excluding tert-OH is 1. The lowest BCUT2D eigenvalue weighted by molar-refractivity contribution is 0.0636. The van der Waals surface area contributed by atoms with Gasteiger partial charge in [-0.2, -0.15) is 0 Å². The molecule has 0 saturated carbocycles. The molecule has 0 fully saturated rings.